The summed E-state index contributed by atoms with van der Waals surface area (Å²) in [5.41, 5.74) is 1.27. The third-order valence-corrected chi connectivity index (χ3v) is 8.24. The Hall–Kier alpha value is -2.68. The topological polar surface area (TPSA) is 108 Å². The van der Waals surface area contributed by atoms with Gasteiger partial charge in [-0.25, -0.2) is 0 Å². The van der Waals surface area contributed by atoms with Crippen LogP contribution in [0.4, 0.5) is 0 Å². The highest BCUT2D eigenvalue weighted by Crippen LogP contribution is 2.27. The Bertz CT molecular complexity index is 889. The summed E-state index contributed by atoms with van der Waals surface area (Å²) in [5.74, 6) is -0.333. The molecule has 1 saturated heterocycles. The number of carbonyl (C=O) groups is 4. The fourth-order valence-electron chi connectivity index (χ4n) is 5.82. The maximum Gasteiger partial charge on any atom is 0.242 e. The number of hydrogen-bond acceptors (Lipinski definition) is 5. The lowest BCUT2D eigenvalue weighted by Gasteiger charge is -2.38. The number of allylic oxidation sites excluding steroid dienone is 3. The number of methoxy groups -OCH3 is 1. The van der Waals surface area contributed by atoms with Crippen molar-refractivity contribution in [2.75, 3.05) is 27.2 Å². The molecule has 0 saturated carbocycles. The summed E-state index contributed by atoms with van der Waals surface area (Å²) in [7, 11) is 3.27. The van der Waals surface area contributed by atoms with Gasteiger partial charge in [0.1, 0.15) is 0 Å². The zero-order chi connectivity index (χ0) is 28.9. The van der Waals surface area contributed by atoms with E-state index in [9.17, 15) is 19.2 Å². The van der Waals surface area contributed by atoms with Crippen molar-refractivity contribution in [3.63, 3.8) is 0 Å². The van der Waals surface area contributed by atoms with E-state index >= 15 is 0 Å². The number of ether oxygens (including phenoxy) is 1. The molecule has 6 atom stereocenters. The van der Waals surface area contributed by atoms with Gasteiger partial charge in [0.25, 0.3) is 0 Å². The van der Waals surface area contributed by atoms with Crippen LogP contribution in [0.1, 0.15) is 79.1 Å². The van der Waals surface area contributed by atoms with E-state index in [1.807, 2.05) is 32.6 Å². The highest BCUT2D eigenvalue weighted by Gasteiger charge is 2.37. The van der Waals surface area contributed by atoms with Crippen molar-refractivity contribution < 1.29 is 23.9 Å². The summed E-state index contributed by atoms with van der Waals surface area (Å²) < 4.78 is 5.80. The number of nitrogens with zero attached hydrogens (tertiary/aromatic N) is 2. The van der Waals surface area contributed by atoms with Crippen molar-refractivity contribution in [1.29, 1.82) is 0 Å². The zero-order valence-corrected chi connectivity index (χ0v) is 24.8. The predicted octanol–water partition coefficient (Wildman–Crippen LogP) is 3.20. The van der Waals surface area contributed by atoms with Crippen LogP contribution in [0.25, 0.3) is 0 Å². The van der Waals surface area contributed by atoms with Gasteiger partial charge in [-0.3, -0.25) is 19.2 Å². The average Bonchev–Trinajstić information content (AvgIpc) is 3.39. The Kier molecular flexibility index (Phi) is 13.7. The van der Waals surface area contributed by atoms with E-state index in [4.69, 9.17) is 4.74 Å². The van der Waals surface area contributed by atoms with Crippen LogP contribution in [0, 0.1) is 11.8 Å². The molecule has 220 valence electrons. The van der Waals surface area contributed by atoms with Crippen molar-refractivity contribution in [2.45, 2.75) is 103 Å². The molecule has 1 fully saturated rings. The molecule has 0 aromatic carbocycles. The summed E-state index contributed by atoms with van der Waals surface area (Å²) in [6.07, 6.45) is 12.9. The van der Waals surface area contributed by atoms with Gasteiger partial charge in [0, 0.05) is 38.7 Å². The lowest BCUT2D eigenvalue weighted by molar-refractivity contribution is -0.142. The lowest BCUT2D eigenvalue weighted by atomic mass is 9.90. The second-order valence-electron chi connectivity index (χ2n) is 11.3. The van der Waals surface area contributed by atoms with Gasteiger partial charge in [-0.1, -0.05) is 51.0 Å². The molecule has 9 heteroatoms. The minimum Gasteiger partial charge on any atom is -0.379 e. The molecule has 2 N–H and O–H groups in total. The van der Waals surface area contributed by atoms with E-state index in [1.54, 1.807) is 19.1 Å². The number of rotatable bonds is 16. The van der Waals surface area contributed by atoms with Crippen molar-refractivity contribution in [2.24, 2.45) is 11.8 Å². The number of hydrogen-bond donors (Lipinski definition) is 2. The Labute approximate surface area is 234 Å². The van der Waals surface area contributed by atoms with E-state index in [2.05, 4.69) is 28.9 Å². The summed E-state index contributed by atoms with van der Waals surface area (Å²) in [4.78, 5) is 53.3. The third kappa shape index (κ3) is 9.78. The molecule has 1 aliphatic carbocycles. The Morgan fingerprint density at radius 2 is 1.97 bits per heavy atom. The van der Waals surface area contributed by atoms with Crippen LogP contribution < -0.4 is 10.6 Å². The Balaban J connectivity index is 1.99. The van der Waals surface area contributed by atoms with Crippen LogP contribution in [0.5, 0.6) is 0 Å². The first-order valence-corrected chi connectivity index (χ1v) is 14.5. The number of amides is 4. The smallest absolute Gasteiger partial charge is 0.242 e. The number of carbonyl (C=O) groups excluding carboxylic acids is 4. The van der Waals surface area contributed by atoms with Crippen LogP contribution >= 0.6 is 0 Å². The zero-order valence-electron chi connectivity index (χ0n) is 24.8. The third-order valence-electron chi connectivity index (χ3n) is 8.24. The molecular weight excluding hydrogens is 496 g/mol. The second kappa shape index (κ2) is 16.4. The molecule has 2 aliphatic rings. The van der Waals surface area contributed by atoms with Gasteiger partial charge in [0.2, 0.25) is 24.1 Å². The number of nitrogens with one attached hydrogen (secondary N) is 2. The first-order chi connectivity index (χ1) is 18.6. The molecule has 0 spiro atoms. The van der Waals surface area contributed by atoms with E-state index in [0.29, 0.717) is 19.4 Å². The van der Waals surface area contributed by atoms with Gasteiger partial charge in [0.05, 0.1) is 25.1 Å². The minimum atomic E-state index is -0.483. The molecule has 0 radical (unpaired) electrons. The molecule has 0 aromatic rings. The largest absolute Gasteiger partial charge is 0.379 e. The van der Waals surface area contributed by atoms with Gasteiger partial charge < -0.3 is 25.2 Å². The first-order valence-electron chi connectivity index (χ1n) is 14.5. The summed E-state index contributed by atoms with van der Waals surface area (Å²) in [6.45, 7) is 8.62. The lowest BCUT2D eigenvalue weighted by Crippen LogP contribution is -2.52. The fourth-order valence-corrected chi connectivity index (χ4v) is 5.82. The Morgan fingerprint density at radius 1 is 1.23 bits per heavy atom. The second-order valence-corrected chi connectivity index (χ2v) is 11.3. The van der Waals surface area contributed by atoms with E-state index in [0.717, 1.165) is 38.5 Å². The van der Waals surface area contributed by atoms with E-state index in [-0.39, 0.29) is 60.6 Å². The van der Waals surface area contributed by atoms with E-state index < -0.39 is 6.10 Å². The maximum absolute atomic E-state index is 13.5. The van der Waals surface area contributed by atoms with Crippen LogP contribution in [-0.4, -0.2) is 85.4 Å². The molecule has 39 heavy (non-hydrogen) atoms. The normalized spacial score (nSPS) is 20.8. The summed E-state index contributed by atoms with van der Waals surface area (Å²) in [5, 5.41) is 5.58. The Morgan fingerprint density at radius 3 is 2.59 bits per heavy atom. The highest BCUT2D eigenvalue weighted by atomic mass is 16.5. The van der Waals surface area contributed by atoms with Crippen LogP contribution in [0.2, 0.25) is 0 Å². The molecular formula is C30H50N4O5. The molecule has 2 rings (SSSR count). The molecule has 1 aliphatic heterocycles. The number of likely N-dealkylation sites (N-methyl/N-ethyl adjacent to an activating group) is 1. The molecule has 0 aromatic heterocycles. The predicted molar refractivity (Wildman–Crippen MR) is 153 cm³/mol. The SMILES string of the molecule is CCC(C)C(C(CC(=O)N1CCC[C@H]1CC(C)C(=O)N[C@H](C)CC1=CCCC=C1)OC)N(C)C(=O)CNC=O. The molecule has 0 bridgehead atoms. The van der Waals surface area contributed by atoms with Crippen LogP contribution in [-0.2, 0) is 23.9 Å². The quantitative estimate of drug-likeness (QED) is 0.289. The van der Waals surface area contributed by atoms with Crippen molar-refractivity contribution in [3.05, 3.63) is 23.8 Å². The fraction of sp³-hybridized carbons (Fsp3) is 0.733. The maximum atomic E-state index is 13.5. The summed E-state index contributed by atoms with van der Waals surface area (Å²) >= 11 is 0. The monoisotopic (exact) mass is 546 g/mol. The molecule has 4 amide bonds. The van der Waals surface area contributed by atoms with Gasteiger partial charge in [-0.05, 0) is 51.4 Å². The van der Waals surface area contributed by atoms with Crippen molar-refractivity contribution >= 4 is 24.1 Å². The minimum absolute atomic E-state index is 0.00764. The average molecular weight is 547 g/mol. The molecule has 9 nitrogen and oxygen atoms in total. The van der Waals surface area contributed by atoms with Crippen LogP contribution in [0.3, 0.4) is 0 Å². The van der Waals surface area contributed by atoms with E-state index in [1.165, 1.54) is 5.57 Å². The van der Waals surface area contributed by atoms with Crippen molar-refractivity contribution in [1.82, 2.24) is 20.4 Å². The van der Waals surface area contributed by atoms with Crippen LogP contribution in [0.15, 0.2) is 23.8 Å². The van der Waals surface area contributed by atoms with Gasteiger partial charge >= 0.3 is 0 Å². The van der Waals surface area contributed by atoms with Gasteiger partial charge in [0.15, 0.2) is 0 Å². The summed E-state index contributed by atoms with van der Waals surface area (Å²) in [6, 6.07) is -0.254. The highest BCUT2D eigenvalue weighted by molar-refractivity contribution is 5.81. The first kappa shape index (κ1) is 32.5. The number of likely N-dealkylation sites (tertiary alicyclic amines) is 1. The van der Waals surface area contributed by atoms with Gasteiger partial charge in [-0.15, -0.1) is 0 Å². The molecule has 4 unspecified atom stereocenters. The molecule has 1 heterocycles. The standard InChI is InChI=1S/C30H50N4O5/c1-7-21(2)29(33(5)28(37)19-31-20-35)26(39-6)18-27(36)34-15-11-14-25(34)16-22(3)30(38)32-23(4)17-24-12-9-8-10-13-24/h9,12-13,20-23,25-26,29H,7-8,10-11,14-19H2,1-6H3,(H,31,35)(H,32,38)/t21?,22?,23-,25+,26?,29?/m1/s1. The van der Waals surface area contributed by atoms with Gasteiger partial charge in [-0.2, -0.15) is 0 Å². The van der Waals surface area contributed by atoms with Crippen molar-refractivity contribution in [3.8, 4) is 0 Å².